The second-order valence-electron chi connectivity index (χ2n) is 4.44. The summed E-state index contributed by atoms with van der Waals surface area (Å²) in [5, 5.41) is 2.86. The van der Waals surface area contributed by atoms with Gasteiger partial charge < -0.3 is 15.8 Å². The van der Waals surface area contributed by atoms with Crippen LogP contribution in [0.5, 0.6) is 5.75 Å². The lowest BCUT2D eigenvalue weighted by atomic mass is 10.1. The van der Waals surface area contributed by atoms with Gasteiger partial charge in [-0.1, -0.05) is 0 Å². The van der Waals surface area contributed by atoms with Gasteiger partial charge in [0.15, 0.2) is 0 Å². The van der Waals surface area contributed by atoms with Crippen LogP contribution in [0, 0.1) is 6.92 Å². The molecular weight excluding hydrogens is 254 g/mol. The van der Waals surface area contributed by atoms with E-state index in [2.05, 4.69) is 10.3 Å². The van der Waals surface area contributed by atoms with Crippen molar-refractivity contribution in [2.45, 2.75) is 13.5 Å². The van der Waals surface area contributed by atoms with Crippen LogP contribution in [0.2, 0.25) is 0 Å². The van der Waals surface area contributed by atoms with Crippen LogP contribution in [-0.4, -0.2) is 18.0 Å². The number of hydrogen-bond donors (Lipinski definition) is 2. The maximum atomic E-state index is 12.1. The SMILES string of the molecule is COc1ccc(C(=O)NCc2ccncc2C)cc1N. The number of methoxy groups -OCH3 is 1. The summed E-state index contributed by atoms with van der Waals surface area (Å²) in [7, 11) is 1.54. The average Bonchev–Trinajstić information content (AvgIpc) is 2.46. The summed E-state index contributed by atoms with van der Waals surface area (Å²) in [5.41, 5.74) is 8.82. The number of hydrogen-bond acceptors (Lipinski definition) is 4. The van der Waals surface area contributed by atoms with Crippen LogP contribution in [0.4, 0.5) is 5.69 Å². The van der Waals surface area contributed by atoms with Crippen LogP contribution in [0.15, 0.2) is 36.7 Å². The topological polar surface area (TPSA) is 77.2 Å². The van der Waals surface area contributed by atoms with Gasteiger partial charge in [-0.05, 0) is 42.3 Å². The van der Waals surface area contributed by atoms with Crippen molar-refractivity contribution in [3.05, 3.63) is 53.3 Å². The van der Waals surface area contributed by atoms with Gasteiger partial charge in [0.05, 0.1) is 12.8 Å². The van der Waals surface area contributed by atoms with E-state index in [0.717, 1.165) is 11.1 Å². The molecule has 2 aromatic rings. The summed E-state index contributed by atoms with van der Waals surface area (Å²) in [5.74, 6) is 0.391. The van der Waals surface area contributed by atoms with E-state index < -0.39 is 0 Å². The number of carbonyl (C=O) groups is 1. The Balaban J connectivity index is 2.05. The number of nitrogens with two attached hydrogens (primary N) is 1. The first-order valence-corrected chi connectivity index (χ1v) is 6.23. The number of aromatic nitrogens is 1. The Labute approximate surface area is 117 Å². The number of pyridine rings is 1. The van der Waals surface area contributed by atoms with Crippen LogP contribution in [-0.2, 0) is 6.54 Å². The number of amides is 1. The van der Waals surface area contributed by atoms with Crippen molar-refractivity contribution in [3.8, 4) is 5.75 Å². The predicted molar refractivity (Wildman–Crippen MR) is 77.6 cm³/mol. The third kappa shape index (κ3) is 3.06. The van der Waals surface area contributed by atoms with Crippen molar-refractivity contribution in [1.29, 1.82) is 0 Å². The lowest BCUT2D eigenvalue weighted by Gasteiger charge is -2.09. The maximum Gasteiger partial charge on any atom is 0.251 e. The summed E-state index contributed by atoms with van der Waals surface area (Å²) in [6.07, 6.45) is 3.48. The standard InChI is InChI=1S/C15H17N3O2/c1-10-8-17-6-5-12(10)9-18-15(19)11-3-4-14(20-2)13(16)7-11/h3-8H,9,16H2,1-2H3,(H,18,19). The van der Waals surface area contributed by atoms with E-state index in [0.29, 0.717) is 23.5 Å². The predicted octanol–water partition coefficient (Wildman–Crippen LogP) is 1.91. The van der Waals surface area contributed by atoms with Crippen molar-refractivity contribution >= 4 is 11.6 Å². The molecule has 5 heteroatoms. The van der Waals surface area contributed by atoms with E-state index in [1.165, 1.54) is 7.11 Å². The average molecular weight is 271 g/mol. The fourth-order valence-electron chi connectivity index (χ4n) is 1.85. The molecule has 0 saturated heterocycles. The highest BCUT2D eigenvalue weighted by atomic mass is 16.5. The zero-order valence-electron chi connectivity index (χ0n) is 11.5. The minimum atomic E-state index is -0.171. The highest BCUT2D eigenvalue weighted by Crippen LogP contribution is 2.21. The molecule has 1 aromatic heterocycles. The summed E-state index contributed by atoms with van der Waals surface area (Å²) in [6, 6.07) is 6.86. The summed E-state index contributed by atoms with van der Waals surface area (Å²) < 4.78 is 5.06. The highest BCUT2D eigenvalue weighted by Gasteiger charge is 2.08. The molecule has 0 aliphatic heterocycles. The molecule has 0 fully saturated rings. The quantitative estimate of drug-likeness (QED) is 0.833. The molecule has 5 nitrogen and oxygen atoms in total. The third-order valence-corrected chi connectivity index (χ3v) is 3.07. The van der Waals surface area contributed by atoms with Crippen LogP contribution >= 0.6 is 0 Å². The van der Waals surface area contributed by atoms with Gasteiger partial charge in [-0.2, -0.15) is 0 Å². The molecule has 104 valence electrons. The Morgan fingerprint density at radius 1 is 1.40 bits per heavy atom. The van der Waals surface area contributed by atoms with Crippen LogP contribution in [0.3, 0.4) is 0 Å². The van der Waals surface area contributed by atoms with Gasteiger partial charge in [-0.25, -0.2) is 0 Å². The molecule has 20 heavy (non-hydrogen) atoms. The van der Waals surface area contributed by atoms with Crippen LogP contribution in [0.1, 0.15) is 21.5 Å². The first-order chi connectivity index (χ1) is 9.61. The first kappa shape index (κ1) is 13.9. The van der Waals surface area contributed by atoms with Gasteiger partial charge in [-0.15, -0.1) is 0 Å². The molecule has 0 spiro atoms. The Morgan fingerprint density at radius 2 is 2.20 bits per heavy atom. The van der Waals surface area contributed by atoms with Crippen molar-refractivity contribution in [2.75, 3.05) is 12.8 Å². The van der Waals surface area contributed by atoms with Crippen LogP contribution in [0.25, 0.3) is 0 Å². The lowest BCUT2D eigenvalue weighted by molar-refractivity contribution is 0.0951. The number of nitrogens with zero attached hydrogens (tertiary/aromatic N) is 1. The molecule has 0 atom stereocenters. The molecule has 0 unspecified atom stereocenters. The molecule has 0 radical (unpaired) electrons. The lowest BCUT2D eigenvalue weighted by Crippen LogP contribution is -2.23. The Bertz CT molecular complexity index is 626. The molecule has 0 bridgehead atoms. The number of aryl methyl sites for hydroxylation is 1. The van der Waals surface area contributed by atoms with E-state index >= 15 is 0 Å². The number of carbonyl (C=O) groups excluding carboxylic acids is 1. The van der Waals surface area contributed by atoms with Crippen molar-refractivity contribution in [2.24, 2.45) is 0 Å². The van der Waals surface area contributed by atoms with Crippen molar-refractivity contribution in [3.63, 3.8) is 0 Å². The van der Waals surface area contributed by atoms with Crippen LogP contribution < -0.4 is 15.8 Å². The molecule has 1 aromatic carbocycles. The van der Waals surface area contributed by atoms with Gasteiger partial charge >= 0.3 is 0 Å². The highest BCUT2D eigenvalue weighted by molar-refractivity contribution is 5.95. The number of rotatable bonds is 4. The van der Waals surface area contributed by atoms with Gasteiger partial charge in [0, 0.05) is 24.5 Å². The Hall–Kier alpha value is -2.56. The van der Waals surface area contributed by atoms with E-state index in [-0.39, 0.29) is 5.91 Å². The van der Waals surface area contributed by atoms with Gasteiger partial charge in [0.1, 0.15) is 5.75 Å². The number of ether oxygens (including phenoxy) is 1. The molecule has 0 saturated carbocycles. The largest absolute Gasteiger partial charge is 0.495 e. The molecule has 0 aliphatic rings. The molecule has 1 heterocycles. The Kier molecular flexibility index (Phi) is 4.20. The van der Waals surface area contributed by atoms with Gasteiger partial charge in [0.25, 0.3) is 5.91 Å². The van der Waals surface area contributed by atoms with E-state index in [9.17, 15) is 4.79 Å². The monoisotopic (exact) mass is 271 g/mol. The normalized spacial score (nSPS) is 10.1. The summed E-state index contributed by atoms with van der Waals surface area (Å²) in [6.45, 7) is 2.42. The third-order valence-electron chi connectivity index (χ3n) is 3.07. The van der Waals surface area contributed by atoms with E-state index in [4.69, 9.17) is 10.5 Å². The van der Waals surface area contributed by atoms with Gasteiger partial charge in [-0.3, -0.25) is 9.78 Å². The Morgan fingerprint density at radius 3 is 2.85 bits per heavy atom. The maximum absolute atomic E-state index is 12.1. The van der Waals surface area contributed by atoms with E-state index in [1.54, 1.807) is 30.6 Å². The molecule has 0 aliphatic carbocycles. The summed E-state index contributed by atoms with van der Waals surface area (Å²) >= 11 is 0. The number of nitrogen functional groups attached to an aromatic ring is 1. The molecule has 2 rings (SSSR count). The smallest absolute Gasteiger partial charge is 0.251 e. The second-order valence-corrected chi connectivity index (χ2v) is 4.44. The van der Waals surface area contributed by atoms with Crippen molar-refractivity contribution in [1.82, 2.24) is 10.3 Å². The summed E-state index contributed by atoms with van der Waals surface area (Å²) in [4.78, 5) is 16.1. The van der Waals surface area contributed by atoms with Gasteiger partial charge in [0.2, 0.25) is 0 Å². The molecular formula is C15H17N3O2. The fourth-order valence-corrected chi connectivity index (χ4v) is 1.85. The fraction of sp³-hybridized carbons (Fsp3) is 0.200. The first-order valence-electron chi connectivity index (χ1n) is 6.23. The number of benzene rings is 1. The number of nitrogens with one attached hydrogen (secondary N) is 1. The molecule has 1 amide bonds. The number of anilines is 1. The minimum absolute atomic E-state index is 0.171. The van der Waals surface area contributed by atoms with Crippen molar-refractivity contribution < 1.29 is 9.53 Å². The molecule has 3 N–H and O–H groups in total. The second kappa shape index (κ2) is 6.06. The minimum Gasteiger partial charge on any atom is -0.495 e. The van der Waals surface area contributed by atoms with E-state index in [1.807, 2.05) is 13.0 Å². The zero-order chi connectivity index (χ0) is 14.5. The zero-order valence-corrected chi connectivity index (χ0v) is 11.5.